The fourth-order valence-corrected chi connectivity index (χ4v) is 5.34. The third-order valence-corrected chi connectivity index (χ3v) is 7.27. The summed E-state index contributed by atoms with van der Waals surface area (Å²) >= 11 is 1.26. The number of ketones is 1. The van der Waals surface area contributed by atoms with E-state index < -0.39 is 6.04 Å². The van der Waals surface area contributed by atoms with Crippen LogP contribution >= 0.6 is 24.2 Å². The minimum atomic E-state index is -0.661. The molecule has 36 heavy (non-hydrogen) atoms. The van der Waals surface area contributed by atoms with Crippen molar-refractivity contribution >= 4 is 47.1 Å². The second-order valence-electron chi connectivity index (χ2n) is 8.84. The smallest absolute Gasteiger partial charge is 0.265 e. The van der Waals surface area contributed by atoms with Crippen LogP contribution in [0.15, 0.2) is 42.1 Å². The molecule has 2 unspecified atom stereocenters. The van der Waals surface area contributed by atoms with E-state index in [4.69, 9.17) is 0 Å². The Morgan fingerprint density at radius 1 is 1.25 bits per heavy atom. The van der Waals surface area contributed by atoms with Crippen LogP contribution in [0.5, 0.6) is 0 Å². The summed E-state index contributed by atoms with van der Waals surface area (Å²) < 4.78 is 16.3. The van der Waals surface area contributed by atoms with Gasteiger partial charge in [-0.3, -0.25) is 28.8 Å². The largest absolute Gasteiger partial charge is 0.297 e. The van der Waals surface area contributed by atoms with Gasteiger partial charge in [-0.15, -0.1) is 12.4 Å². The second-order valence-corrected chi connectivity index (χ2v) is 10.2. The molecule has 0 bridgehead atoms. The van der Waals surface area contributed by atoms with E-state index in [9.17, 15) is 18.8 Å². The molecular formula is C25H30ClFN4O4S. The number of hydrogen-bond acceptors (Lipinski definition) is 7. The highest BCUT2D eigenvalue weighted by Gasteiger charge is 2.41. The molecule has 2 fully saturated rings. The molecule has 1 aromatic heterocycles. The van der Waals surface area contributed by atoms with Crippen LogP contribution in [-0.4, -0.2) is 56.9 Å². The lowest BCUT2D eigenvalue weighted by atomic mass is 9.93. The maximum atomic E-state index is 14.8. The topological polar surface area (TPSA) is 93.5 Å². The van der Waals surface area contributed by atoms with Crippen molar-refractivity contribution in [3.05, 3.63) is 59.2 Å². The average molecular weight is 537 g/mol. The first-order chi connectivity index (χ1) is 16.9. The van der Waals surface area contributed by atoms with E-state index in [0.29, 0.717) is 30.8 Å². The van der Waals surface area contributed by atoms with Crippen LogP contribution in [0.2, 0.25) is 0 Å². The molecule has 1 N–H and O–H groups in total. The molecule has 2 aliphatic rings. The number of hydrogen-bond donors (Lipinski definition) is 1. The van der Waals surface area contributed by atoms with E-state index >= 15 is 0 Å². The number of benzene rings is 1. The van der Waals surface area contributed by atoms with Gasteiger partial charge in [0.25, 0.3) is 5.91 Å². The molecule has 1 saturated heterocycles. The summed E-state index contributed by atoms with van der Waals surface area (Å²) in [6, 6.07) is 7.59. The number of Topliss-reactive ketones (excluding diaryl/α,β-unsaturated/α-hetero) is 1. The molecule has 1 saturated carbocycles. The normalized spacial score (nSPS) is 20.0. The molecule has 4 rings (SSSR count). The first-order valence-electron chi connectivity index (χ1n) is 11.6. The number of carbonyl (C=O) groups is 3. The monoisotopic (exact) mass is 536 g/mol. The standard InChI is InChI=1S/C25H29FN4O4S.ClH/c1-16(31)35-22-10-11-29(24(25(33)17-7-8-17)20-5-3-4-6-21(20)26)14-18(22)13-19-9-12-30(27-19)15-23(32)28-34-2;/h3-6,9,12-13,17,22,24H,7-8,10-11,14-15H2,1-2H3,(H,28,32);1H/b18-13+;. The lowest BCUT2D eigenvalue weighted by molar-refractivity contribution is -0.132. The molecule has 1 aliphatic heterocycles. The molecule has 1 amide bonds. The second kappa shape index (κ2) is 12.6. The lowest BCUT2D eigenvalue weighted by Crippen LogP contribution is -2.43. The van der Waals surface area contributed by atoms with Crippen LogP contribution < -0.4 is 5.48 Å². The zero-order valence-electron chi connectivity index (χ0n) is 20.2. The van der Waals surface area contributed by atoms with Crippen molar-refractivity contribution in [3.63, 3.8) is 0 Å². The lowest BCUT2D eigenvalue weighted by Gasteiger charge is -2.38. The zero-order chi connectivity index (χ0) is 24.9. The van der Waals surface area contributed by atoms with Crippen LogP contribution in [-0.2, 0) is 25.8 Å². The van der Waals surface area contributed by atoms with Crippen LogP contribution in [0, 0.1) is 11.7 Å². The van der Waals surface area contributed by atoms with Crippen molar-refractivity contribution in [1.82, 2.24) is 20.2 Å². The highest BCUT2D eigenvalue weighted by Crippen LogP contribution is 2.40. The quantitative estimate of drug-likeness (QED) is 0.490. The molecule has 2 atom stereocenters. The summed E-state index contributed by atoms with van der Waals surface area (Å²) in [6.07, 6.45) is 5.93. The van der Waals surface area contributed by atoms with Gasteiger partial charge in [0, 0.05) is 42.9 Å². The summed E-state index contributed by atoms with van der Waals surface area (Å²) in [5, 5.41) is 4.38. The van der Waals surface area contributed by atoms with Crippen LogP contribution in [0.3, 0.4) is 0 Å². The average Bonchev–Trinajstić information content (AvgIpc) is 3.58. The Balaban J connectivity index is 0.00000361. The van der Waals surface area contributed by atoms with Gasteiger partial charge < -0.3 is 0 Å². The van der Waals surface area contributed by atoms with Gasteiger partial charge in [0.05, 0.1) is 18.8 Å². The Hall–Kier alpha value is -2.53. The molecule has 11 heteroatoms. The molecule has 8 nitrogen and oxygen atoms in total. The van der Waals surface area contributed by atoms with Gasteiger partial charge in [-0.1, -0.05) is 30.0 Å². The van der Waals surface area contributed by atoms with Gasteiger partial charge in [-0.2, -0.15) is 5.10 Å². The number of aromatic nitrogens is 2. The SMILES string of the molecule is CONC(=O)Cn1ccc(/C=C2\CN(C(C(=O)C3CC3)c3ccccc3F)CCC2SC(C)=O)n1.Cl. The molecular weight excluding hydrogens is 507 g/mol. The molecule has 194 valence electrons. The predicted molar refractivity (Wildman–Crippen MR) is 138 cm³/mol. The summed E-state index contributed by atoms with van der Waals surface area (Å²) in [7, 11) is 1.36. The number of carbonyl (C=O) groups excluding carboxylic acids is 3. The number of halogens is 2. The summed E-state index contributed by atoms with van der Waals surface area (Å²) in [5.41, 5.74) is 4.22. The van der Waals surface area contributed by atoms with E-state index in [0.717, 1.165) is 18.4 Å². The van der Waals surface area contributed by atoms with Crippen molar-refractivity contribution in [1.29, 1.82) is 0 Å². The van der Waals surface area contributed by atoms with Gasteiger partial charge in [0.2, 0.25) is 0 Å². The molecule has 1 aliphatic carbocycles. The summed E-state index contributed by atoms with van der Waals surface area (Å²) in [6.45, 7) is 2.53. The van der Waals surface area contributed by atoms with Crippen molar-refractivity contribution in [3.8, 4) is 0 Å². The summed E-state index contributed by atoms with van der Waals surface area (Å²) in [4.78, 5) is 43.6. The van der Waals surface area contributed by atoms with Crippen molar-refractivity contribution < 1.29 is 23.6 Å². The highest BCUT2D eigenvalue weighted by molar-refractivity contribution is 8.14. The first kappa shape index (κ1) is 28.0. The minimum Gasteiger partial charge on any atom is -0.297 e. The third kappa shape index (κ3) is 7.03. The van der Waals surface area contributed by atoms with E-state index in [1.165, 1.54) is 36.5 Å². The van der Waals surface area contributed by atoms with E-state index in [1.54, 1.807) is 30.5 Å². The fraction of sp³-hybridized carbons (Fsp3) is 0.440. The maximum Gasteiger partial charge on any atom is 0.265 e. The van der Waals surface area contributed by atoms with Crippen LogP contribution in [0.4, 0.5) is 4.39 Å². The van der Waals surface area contributed by atoms with Gasteiger partial charge in [0.1, 0.15) is 12.4 Å². The van der Waals surface area contributed by atoms with Crippen LogP contribution in [0.1, 0.15) is 43.5 Å². The third-order valence-electron chi connectivity index (χ3n) is 6.12. The number of thioether (sulfide) groups is 1. The number of piperidine rings is 1. The molecule has 2 heterocycles. The number of nitrogens with one attached hydrogen (secondary N) is 1. The minimum absolute atomic E-state index is 0. The fourth-order valence-electron chi connectivity index (χ4n) is 4.42. The Kier molecular flexibility index (Phi) is 9.84. The molecule has 1 aromatic carbocycles. The van der Waals surface area contributed by atoms with Gasteiger partial charge >= 0.3 is 0 Å². The Morgan fingerprint density at radius 2 is 2.00 bits per heavy atom. The molecule has 0 spiro atoms. The van der Waals surface area contributed by atoms with E-state index in [1.807, 2.05) is 11.0 Å². The van der Waals surface area contributed by atoms with E-state index in [2.05, 4.69) is 15.4 Å². The number of nitrogens with zero attached hydrogens (tertiary/aromatic N) is 3. The number of hydroxylamine groups is 1. The predicted octanol–water partition coefficient (Wildman–Crippen LogP) is 3.58. The van der Waals surface area contributed by atoms with Gasteiger partial charge in [-0.05, 0) is 43.0 Å². The number of likely N-dealkylation sites (tertiary alicyclic amines) is 1. The summed E-state index contributed by atoms with van der Waals surface area (Å²) in [5.74, 6) is -0.689. The van der Waals surface area contributed by atoms with Crippen LogP contribution in [0.25, 0.3) is 6.08 Å². The van der Waals surface area contributed by atoms with E-state index in [-0.39, 0.29) is 52.7 Å². The van der Waals surface area contributed by atoms with Gasteiger partial charge in [-0.25, -0.2) is 9.87 Å². The molecule has 0 radical (unpaired) electrons. The van der Waals surface area contributed by atoms with Crippen molar-refractivity contribution in [2.45, 2.75) is 44.0 Å². The van der Waals surface area contributed by atoms with Crippen molar-refractivity contribution in [2.24, 2.45) is 5.92 Å². The number of amides is 1. The Bertz CT molecular complexity index is 1140. The van der Waals surface area contributed by atoms with Crippen molar-refractivity contribution in [2.75, 3.05) is 20.2 Å². The molecule has 2 aromatic rings. The Labute approximate surface area is 220 Å². The zero-order valence-corrected chi connectivity index (χ0v) is 21.8. The highest BCUT2D eigenvalue weighted by atomic mass is 35.5. The first-order valence-corrected chi connectivity index (χ1v) is 12.5. The number of rotatable bonds is 9. The van der Waals surface area contributed by atoms with Gasteiger partial charge in [0.15, 0.2) is 10.9 Å². The Morgan fingerprint density at radius 3 is 2.67 bits per heavy atom. The maximum absolute atomic E-state index is 14.8.